The van der Waals surface area contributed by atoms with E-state index in [-0.39, 0.29) is 11.7 Å². The molecule has 5 heteroatoms. The van der Waals surface area contributed by atoms with Gasteiger partial charge in [0.1, 0.15) is 5.41 Å². The number of hydrogen-bond donors (Lipinski definition) is 3. The predicted molar refractivity (Wildman–Crippen MR) is 78.1 cm³/mol. The van der Waals surface area contributed by atoms with Crippen molar-refractivity contribution in [1.82, 2.24) is 5.32 Å². The molecule has 5 nitrogen and oxygen atoms in total. The third-order valence-corrected chi connectivity index (χ3v) is 3.31. The Kier molecular flexibility index (Phi) is 8.19. The maximum atomic E-state index is 11.9. The number of nitrogens with one attached hydrogen (secondary N) is 1. The highest BCUT2D eigenvalue weighted by Gasteiger charge is 2.32. The van der Waals surface area contributed by atoms with Crippen LogP contribution in [0.1, 0.15) is 59.8 Å². The molecule has 0 bridgehead atoms. The summed E-state index contributed by atoms with van der Waals surface area (Å²) in [7, 11) is 0. The van der Waals surface area contributed by atoms with Gasteiger partial charge < -0.3 is 16.3 Å². The molecule has 0 saturated heterocycles. The Morgan fingerprint density at radius 2 is 1.84 bits per heavy atom. The van der Waals surface area contributed by atoms with Crippen LogP contribution in [0.5, 0.6) is 0 Å². The Morgan fingerprint density at radius 1 is 1.26 bits per heavy atom. The number of carbonyl (C=O) groups is 1. The van der Waals surface area contributed by atoms with Gasteiger partial charge in [-0.1, -0.05) is 44.7 Å². The van der Waals surface area contributed by atoms with Gasteiger partial charge in [-0.3, -0.25) is 4.79 Å². The van der Waals surface area contributed by atoms with Gasteiger partial charge in [-0.05, 0) is 26.2 Å². The minimum Gasteiger partial charge on any atom is -0.409 e. The molecule has 0 fully saturated rings. The van der Waals surface area contributed by atoms with Crippen molar-refractivity contribution in [3.63, 3.8) is 0 Å². The molecule has 0 spiro atoms. The van der Waals surface area contributed by atoms with E-state index < -0.39 is 5.41 Å². The summed E-state index contributed by atoms with van der Waals surface area (Å²) < 4.78 is 0. The van der Waals surface area contributed by atoms with Gasteiger partial charge in [-0.2, -0.15) is 0 Å². The van der Waals surface area contributed by atoms with Crippen LogP contribution in [0.3, 0.4) is 0 Å². The summed E-state index contributed by atoms with van der Waals surface area (Å²) in [5.74, 6) is 0.494. The number of amides is 1. The maximum absolute atomic E-state index is 11.9. The molecule has 0 aromatic heterocycles. The second kappa shape index (κ2) is 8.77. The van der Waals surface area contributed by atoms with E-state index in [1.54, 1.807) is 13.8 Å². The first-order valence-corrected chi connectivity index (χ1v) is 7.08. The summed E-state index contributed by atoms with van der Waals surface area (Å²) in [4.78, 5) is 11.9. The van der Waals surface area contributed by atoms with E-state index in [0.29, 0.717) is 6.54 Å². The fourth-order valence-corrected chi connectivity index (χ4v) is 1.70. The predicted octanol–water partition coefficient (Wildman–Crippen LogP) is 2.48. The van der Waals surface area contributed by atoms with Crippen molar-refractivity contribution < 1.29 is 10.0 Å². The van der Waals surface area contributed by atoms with E-state index in [1.165, 1.54) is 19.3 Å². The van der Waals surface area contributed by atoms with Crippen molar-refractivity contribution in [2.75, 3.05) is 6.54 Å². The number of nitrogens with two attached hydrogens (primary N) is 1. The number of amidine groups is 1. The second-order valence-electron chi connectivity index (χ2n) is 5.96. The quantitative estimate of drug-likeness (QED) is 0.198. The summed E-state index contributed by atoms with van der Waals surface area (Å²) in [5.41, 5.74) is 4.52. The van der Waals surface area contributed by atoms with Crippen LogP contribution >= 0.6 is 0 Å². The van der Waals surface area contributed by atoms with Gasteiger partial charge in [0.25, 0.3) is 0 Å². The number of rotatable bonds is 9. The van der Waals surface area contributed by atoms with Crippen LogP contribution in [0.2, 0.25) is 0 Å². The molecule has 19 heavy (non-hydrogen) atoms. The van der Waals surface area contributed by atoms with Gasteiger partial charge in [-0.15, -0.1) is 0 Å². The van der Waals surface area contributed by atoms with E-state index >= 15 is 0 Å². The van der Waals surface area contributed by atoms with Crippen molar-refractivity contribution in [3.05, 3.63) is 0 Å². The minimum absolute atomic E-state index is 0.0677. The fraction of sp³-hybridized carbons (Fsp3) is 0.857. The number of carbonyl (C=O) groups excluding carboxylic acids is 1. The lowest BCUT2D eigenvalue weighted by Crippen LogP contribution is -2.46. The van der Waals surface area contributed by atoms with Crippen LogP contribution in [0.25, 0.3) is 0 Å². The Balaban J connectivity index is 3.75. The number of hydrogen-bond acceptors (Lipinski definition) is 3. The van der Waals surface area contributed by atoms with Crippen LogP contribution in [0.15, 0.2) is 5.16 Å². The average molecular weight is 271 g/mol. The smallest absolute Gasteiger partial charge is 0.233 e. The van der Waals surface area contributed by atoms with E-state index in [4.69, 9.17) is 10.9 Å². The molecule has 112 valence electrons. The zero-order valence-corrected chi connectivity index (χ0v) is 12.7. The summed E-state index contributed by atoms with van der Waals surface area (Å²) >= 11 is 0. The summed E-state index contributed by atoms with van der Waals surface area (Å²) in [6.45, 7) is 8.38. The summed E-state index contributed by atoms with van der Waals surface area (Å²) in [6, 6.07) is 0. The molecule has 0 aromatic carbocycles. The molecule has 0 aromatic rings. The maximum Gasteiger partial charge on any atom is 0.233 e. The average Bonchev–Trinajstić information content (AvgIpc) is 2.35. The number of nitrogens with zero attached hydrogens (tertiary/aromatic N) is 1. The molecule has 0 rings (SSSR count). The lowest BCUT2D eigenvalue weighted by atomic mass is 9.91. The van der Waals surface area contributed by atoms with E-state index in [1.807, 2.05) is 0 Å². The topological polar surface area (TPSA) is 87.7 Å². The molecule has 0 radical (unpaired) electrons. The van der Waals surface area contributed by atoms with E-state index in [0.717, 1.165) is 18.8 Å². The SMILES string of the molecule is CC(C)CCCCCCNC(=O)C(C)(C)C(N)=NO. The largest absolute Gasteiger partial charge is 0.409 e. The van der Waals surface area contributed by atoms with Crippen LogP contribution in [-0.4, -0.2) is 23.5 Å². The molecule has 0 unspecified atom stereocenters. The molecule has 0 heterocycles. The number of oxime groups is 1. The molecule has 0 aliphatic rings. The highest BCUT2D eigenvalue weighted by Crippen LogP contribution is 2.15. The molecule has 4 N–H and O–H groups in total. The fourth-order valence-electron chi connectivity index (χ4n) is 1.70. The van der Waals surface area contributed by atoms with E-state index in [9.17, 15) is 4.79 Å². The van der Waals surface area contributed by atoms with Gasteiger partial charge in [0, 0.05) is 6.54 Å². The Hall–Kier alpha value is -1.26. The van der Waals surface area contributed by atoms with Crippen molar-refractivity contribution in [3.8, 4) is 0 Å². The van der Waals surface area contributed by atoms with Gasteiger partial charge in [0.2, 0.25) is 5.91 Å². The van der Waals surface area contributed by atoms with Gasteiger partial charge in [0.15, 0.2) is 5.84 Å². The molecule has 1 amide bonds. The van der Waals surface area contributed by atoms with Gasteiger partial charge in [-0.25, -0.2) is 0 Å². The Morgan fingerprint density at radius 3 is 2.37 bits per heavy atom. The van der Waals surface area contributed by atoms with Crippen molar-refractivity contribution in [1.29, 1.82) is 0 Å². The zero-order chi connectivity index (χ0) is 14.9. The minimum atomic E-state index is -0.966. The number of unbranched alkanes of at least 4 members (excludes halogenated alkanes) is 3. The first-order valence-electron chi connectivity index (χ1n) is 7.08. The standard InChI is InChI=1S/C14H29N3O2/c1-11(2)9-7-5-6-8-10-16-13(18)14(3,4)12(15)17-19/h11,19H,5-10H2,1-4H3,(H2,15,17)(H,16,18). The molecule has 0 atom stereocenters. The summed E-state index contributed by atoms with van der Waals surface area (Å²) in [6.07, 6.45) is 5.81. The molecule has 0 aliphatic carbocycles. The highest BCUT2D eigenvalue weighted by atomic mass is 16.4. The Labute approximate surface area is 116 Å². The monoisotopic (exact) mass is 271 g/mol. The molecule has 0 aliphatic heterocycles. The van der Waals surface area contributed by atoms with Crippen LogP contribution in [-0.2, 0) is 4.79 Å². The molecular weight excluding hydrogens is 242 g/mol. The van der Waals surface area contributed by atoms with Gasteiger partial charge >= 0.3 is 0 Å². The van der Waals surface area contributed by atoms with Crippen molar-refractivity contribution in [2.45, 2.75) is 59.8 Å². The first kappa shape index (κ1) is 17.7. The molecule has 0 saturated carbocycles. The lowest BCUT2D eigenvalue weighted by molar-refractivity contribution is -0.126. The van der Waals surface area contributed by atoms with Gasteiger partial charge in [0.05, 0.1) is 0 Å². The summed E-state index contributed by atoms with van der Waals surface area (Å²) in [5, 5.41) is 14.3. The van der Waals surface area contributed by atoms with Crippen molar-refractivity contribution in [2.24, 2.45) is 22.2 Å². The van der Waals surface area contributed by atoms with Crippen LogP contribution in [0.4, 0.5) is 0 Å². The van der Waals surface area contributed by atoms with E-state index in [2.05, 4.69) is 24.3 Å². The zero-order valence-electron chi connectivity index (χ0n) is 12.7. The van der Waals surface area contributed by atoms with Crippen molar-refractivity contribution >= 4 is 11.7 Å². The Bertz CT molecular complexity index is 299. The third kappa shape index (κ3) is 7.03. The lowest BCUT2D eigenvalue weighted by Gasteiger charge is -2.21. The third-order valence-electron chi connectivity index (χ3n) is 3.31. The second-order valence-corrected chi connectivity index (χ2v) is 5.96. The first-order chi connectivity index (χ1) is 8.82. The highest BCUT2D eigenvalue weighted by molar-refractivity contribution is 6.05. The molecular formula is C14H29N3O2. The normalized spacial score (nSPS) is 12.8. The van der Waals surface area contributed by atoms with Crippen LogP contribution < -0.4 is 11.1 Å². The van der Waals surface area contributed by atoms with Crippen LogP contribution in [0, 0.1) is 11.3 Å².